The maximum atomic E-state index is 12.9. The van der Waals surface area contributed by atoms with Crippen LogP contribution in [0, 0.1) is 5.92 Å². The minimum absolute atomic E-state index is 0.0253. The fraction of sp³-hybridized carbons (Fsp3) is 0.480. The Morgan fingerprint density at radius 3 is 2.50 bits per heavy atom. The lowest BCUT2D eigenvalue weighted by molar-refractivity contribution is -0.168. The van der Waals surface area contributed by atoms with Crippen molar-refractivity contribution in [3.05, 3.63) is 36.1 Å². The van der Waals surface area contributed by atoms with E-state index in [2.05, 4.69) is 10.6 Å². The van der Waals surface area contributed by atoms with Gasteiger partial charge in [0.15, 0.2) is 5.76 Å². The van der Waals surface area contributed by atoms with E-state index >= 15 is 0 Å². The van der Waals surface area contributed by atoms with Gasteiger partial charge in [0.2, 0.25) is 12.3 Å². The maximum Gasteiger partial charge on any atom is 0.365 e. The van der Waals surface area contributed by atoms with Crippen LogP contribution in [0.1, 0.15) is 63.4 Å². The van der Waals surface area contributed by atoms with Crippen LogP contribution >= 0.6 is 8.25 Å². The van der Waals surface area contributed by atoms with Crippen LogP contribution in [0.25, 0.3) is 11.3 Å². The molecule has 0 bridgehead atoms. The van der Waals surface area contributed by atoms with E-state index in [1.165, 1.54) is 18.2 Å². The number of hydrogen-bond acceptors (Lipinski definition) is 8. The number of hydrogen-bond donors (Lipinski definition) is 4. The smallest absolute Gasteiger partial charge is 0.365 e. The molecule has 3 amide bonds. The van der Waals surface area contributed by atoms with E-state index in [0.29, 0.717) is 41.6 Å². The van der Waals surface area contributed by atoms with Crippen LogP contribution in [0.3, 0.4) is 0 Å². The Hall–Kier alpha value is -3.34. The molecule has 1 aromatic carbocycles. The summed E-state index contributed by atoms with van der Waals surface area (Å²) in [7, 11) is -3.24. The molecule has 0 saturated carbocycles. The lowest BCUT2D eigenvalue weighted by atomic mass is 9.90. The zero-order valence-corrected chi connectivity index (χ0v) is 22.8. The molecule has 0 aliphatic rings. The highest BCUT2D eigenvalue weighted by Gasteiger charge is 2.30. The van der Waals surface area contributed by atoms with E-state index in [1.54, 1.807) is 26.0 Å². The number of furan rings is 1. The molecular weight excluding hydrogens is 517 g/mol. The van der Waals surface area contributed by atoms with Gasteiger partial charge in [0, 0.05) is 11.6 Å². The lowest BCUT2D eigenvalue weighted by Crippen LogP contribution is -2.47. The van der Waals surface area contributed by atoms with Crippen LogP contribution in [0.15, 0.2) is 34.7 Å². The van der Waals surface area contributed by atoms with E-state index in [4.69, 9.17) is 18.6 Å². The van der Waals surface area contributed by atoms with Gasteiger partial charge in [-0.3, -0.25) is 19.6 Å². The van der Waals surface area contributed by atoms with Crippen LogP contribution in [0.4, 0.5) is 0 Å². The van der Waals surface area contributed by atoms with Crippen molar-refractivity contribution in [3.63, 3.8) is 0 Å². The van der Waals surface area contributed by atoms with Crippen molar-refractivity contribution >= 4 is 26.5 Å². The van der Waals surface area contributed by atoms with Crippen molar-refractivity contribution in [1.82, 2.24) is 15.7 Å². The Morgan fingerprint density at radius 1 is 1.13 bits per heavy atom. The summed E-state index contributed by atoms with van der Waals surface area (Å²) < 4.78 is 27.2. The molecule has 0 spiro atoms. The molecule has 4 N–H and O–H groups in total. The summed E-state index contributed by atoms with van der Waals surface area (Å²) in [6.07, 6.45) is 3.77. The van der Waals surface area contributed by atoms with Gasteiger partial charge in [0.25, 0.3) is 5.91 Å². The minimum Gasteiger partial charge on any atom is -0.494 e. The van der Waals surface area contributed by atoms with Crippen molar-refractivity contribution in [2.45, 2.75) is 58.9 Å². The molecular formula is C25H36N3O9P. The van der Waals surface area contributed by atoms with Crippen LogP contribution in [0.2, 0.25) is 0 Å². The molecule has 13 heteroatoms. The summed E-state index contributed by atoms with van der Waals surface area (Å²) in [5, 5.41) is 15.6. The first-order chi connectivity index (χ1) is 18.2. The first kappa shape index (κ1) is 30.9. The molecule has 1 heterocycles. The molecule has 2 rings (SSSR count). The van der Waals surface area contributed by atoms with E-state index in [9.17, 15) is 24.2 Å². The van der Waals surface area contributed by atoms with Crippen molar-refractivity contribution in [1.29, 1.82) is 0 Å². The van der Waals surface area contributed by atoms with E-state index in [0.717, 1.165) is 19.3 Å². The highest BCUT2D eigenvalue weighted by molar-refractivity contribution is 7.32. The highest BCUT2D eigenvalue weighted by atomic mass is 31.1. The zero-order chi connectivity index (χ0) is 28.1. The summed E-state index contributed by atoms with van der Waals surface area (Å²) in [4.78, 5) is 45.7. The highest BCUT2D eigenvalue weighted by Crippen LogP contribution is 2.34. The minimum atomic E-state index is -3.24. The number of ether oxygens (including phenoxy) is 1. The third-order valence-electron chi connectivity index (χ3n) is 5.81. The van der Waals surface area contributed by atoms with Gasteiger partial charge in [0.1, 0.15) is 17.3 Å². The second kappa shape index (κ2) is 15.8. The Bertz CT molecular complexity index is 1090. The monoisotopic (exact) mass is 553 g/mol. The number of nitrogens with one attached hydrogen (secondary N) is 2. The van der Waals surface area contributed by atoms with E-state index in [-0.39, 0.29) is 24.6 Å². The van der Waals surface area contributed by atoms with E-state index < -0.39 is 32.0 Å². The third-order valence-corrected chi connectivity index (χ3v) is 6.22. The first-order valence-corrected chi connectivity index (χ1v) is 13.8. The average molecular weight is 554 g/mol. The number of amides is 3. The van der Waals surface area contributed by atoms with Crippen molar-refractivity contribution in [3.8, 4) is 22.8 Å². The third kappa shape index (κ3) is 9.20. The second-order valence-electron chi connectivity index (χ2n) is 8.44. The van der Waals surface area contributed by atoms with Gasteiger partial charge < -0.3 is 29.2 Å². The van der Waals surface area contributed by atoms with Crippen molar-refractivity contribution < 1.29 is 42.7 Å². The van der Waals surface area contributed by atoms with Gasteiger partial charge in [-0.25, -0.2) is 9.63 Å². The van der Waals surface area contributed by atoms with Crippen LogP contribution in [0.5, 0.6) is 11.5 Å². The summed E-state index contributed by atoms with van der Waals surface area (Å²) in [5.74, 6) is -0.846. The molecule has 0 aliphatic carbocycles. The Labute approximate surface area is 222 Å². The lowest BCUT2D eigenvalue weighted by Gasteiger charge is -2.29. The Morgan fingerprint density at radius 2 is 1.87 bits per heavy atom. The number of unbranched alkanes of at least 4 members (excludes halogenated alkanes) is 2. The molecule has 0 fully saturated rings. The molecule has 0 saturated heterocycles. The zero-order valence-electron chi connectivity index (χ0n) is 21.8. The SMILES string of the molecule is CCCCCC(C(=O)NCNC(=O)c1ccc(-c2cc(OCC)cc(O[PH](=O)O)c2)o1)C(CC)N(O)C=O. The van der Waals surface area contributed by atoms with Crippen molar-refractivity contribution in [2.75, 3.05) is 13.3 Å². The number of carbonyl (C=O) groups excluding carboxylic acids is 3. The summed E-state index contributed by atoms with van der Waals surface area (Å²) in [6, 6.07) is 6.90. The number of carbonyl (C=O) groups is 3. The number of hydroxylamine groups is 2. The predicted molar refractivity (Wildman–Crippen MR) is 139 cm³/mol. The molecule has 2 aromatic rings. The normalized spacial score (nSPS) is 13.2. The topological polar surface area (TPSA) is 168 Å². The number of benzene rings is 1. The molecule has 0 aliphatic heterocycles. The van der Waals surface area contributed by atoms with E-state index in [1.807, 2.05) is 6.92 Å². The first-order valence-electron chi connectivity index (χ1n) is 12.5. The fourth-order valence-corrected chi connectivity index (χ4v) is 4.33. The largest absolute Gasteiger partial charge is 0.494 e. The molecule has 12 nitrogen and oxygen atoms in total. The molecule has 0 radical (unpaired) electrons. The Kier molecular flexibility index (Phi) is 12.8. The van der Waals surface area contributed by atoms with Crippen LogP contribution in [-0.2, 0) is 14.2 Å². The molecule has 38 heavy (non-hydrogen) atoms. The quantitative estimate of drug-likeness (QED) is 0.0570. The second-order valence-corrected chi connectivity index (χ2v) is 9.18. The van der Waals surface area contributed by atoms with Gasteiger partial charge in [-0.15, -0.1) is 0 Å². The molecule has 1 aromatic heterocycles. The number of nitrogens with zero attached hydrogens (tertiary/aromatic N) is 1. The Balaban J connectivity index is 2.06. The van der Waals surface area contributed by atoms with Crippen molar-refractivity contribution in [2.24, 2.45) is 5.92 Å². The van der Waals surface area contributed by atoms with Gasteiger partial charge >= 0.3 is 8.25 Å². The molecule has 3 unspecified atom stereocenters. The van der Waals surface area contributed by atoms with Gasteiger partial charge in [-0.2, -0.15) is 0 Å². The van der Waals surface area contributed by atoms with Gasteiger partial charge in [0.05, 0.1) is 25.2 Å². The average Bonchev–Trinajstić information content (AvgIpc) is 3.38. The summed E-state index contributed by atoms with van der Waals surface area (Å²) in [5.41, 5.74) is 0.464. The fourth-order valence-electron chi connectivity index (χ4n) is 4.02. The van der Waals surface area contributed by atoms with Crippen LogP contribution < -0.4 is 19.9 Å². The summed E-state index contributed by atoms with van der Waals surface area (Å²) >= 11 is 0. The predicted octanol–water partition coefficient (Wildman–Crippen LogP) is 3.73. The molecule has 210 valence electrons. The maximum absolute atomic E-state index is 12.9. The standard InChI is InChI=1S/C25H36N3O9P/c1-4-7-8-9-20(21(5-2)28(32)16-29)24(30)26-15-27-25(31)23-11-10-22(36-23)17-12-18(35-6-3)14-19(13-17)37-38(33)34/h10-14,16,20-21,32,38H,4-9,15H2,1-3H3,(H,26,30)(H,27,31)(H,33,34). The van der Waals surface area contributed by atoms with Gasteiger partial charge in [-0.05, 0) is 44.0 Å². The number of rotatable bonds is 17. The summed E-state index contributed by atoms with van der Waals surface area (Å²) in [6.45, 7) is 5.76. The van der Waals surface area contributed by atoms with Gasteiger partial charge in [-0.1, -0.05) is 33.1 Å². The molecule has 3 atom stereocenters. The van der Waals surface area contributed by atoms with Crippen LogP contribution in [-0.4, -0.2) is 52.7 Å².